The minimum absolute atomic E-state index is 0. The molecule has 1 aliphatic heterocycles. The summed E-state index contributed by atoms with van der Waals surface area (Å²) in [4.78, 5) is 18.9. The number of piperidine rings is 1. The number of hydrogen-bond donors (Lipinski definition) is 2. The van der Waals surface area contributed by atoms with E-state index in [0.717, 1.165) is 42.9 Å². The summed E-state index contributed by atoms with van der Waals surface area (Å²) in [6.07, 6.45) is 2.60. The molecule has 0 radical (unpaired) electrons. The summed E-state index contributed by atoms with van der Waals surface area (Å²) >= 11 is 5.18. The zero-order valence-corrected chi connectivity index (χ0v) is 17.3. The molecule has 1 atom stereocenters. The number of thiophene rings is 1. The molecule has 0 saturated carbocycles. The molecular weight excluding hydrogens is 479 g/mol. The molecule has 2 rings (SSSR count). The number of carbonyl (C=O) groups excluding carboxylic acids is 1. The van der Waals surface area contributed by atoms with Gasteiger partial charge >= 0.3 is 0 Å². The van der Waals surface area contributed by atoms with Gasteiger partial charge in [0.05, 0.1) is 6.54 Å². The molecule has 0 aliphatic carbocycles. The Labute approximate surface area is 160 Å². The van der Waals surface area contributed by atoms with Crippen molar-refractivity contribution < 1.29 is 4.79 Å². The standard InChI is InChI=1S/C14H21BrN4OS.HI/c1-17-14(18-7-12-6-11(15)9-21-12)19-4-2-3-10(8-19)5-13(16)20;/h6,9-10H,2-5,7-8H2,1H3,(H2,16,20)(H,17,18);1H. The Morgan fingerprint density at radius 1 is 1.64 bits per heavy atom. The third-order valence-electron chi connectivity index (χ3n) is 3.56. The van der Waals surface area contributed by atoms with Gasteiger partial charge in [-0.25, -0.2) is 0 Å². The van der Waals surface area contributed by atoms with E-state index in [2.05, 4.69) is 42.6 Å². The third kappa shape index (κ3) is 6.04. The molecule has 3 N–H and O–H groups in total. The Morgan fingerprint density at radius 2 is 2.41 bits per heavy atom. The van der Waals surface area contributed by atoms with Gasteiger partial charge in [-0.1, -0.05) is 0 Å². The van der Waals surface area contributed by atoms with Crippen LogP contribution in [0.5, 0.6) is 0 Å². The van der Waals surface area contributed by atoms with Gasteiger partial charge in [0.1, 0.15) is 0 Å². The number of nitrogens with zero attached hydrogens (tertiary/aromatic N) is 2. The van der Waals surface area contributed by atoms with Gasteiger partial charge in [-0.3, -0.25) is 9.79 Å². The van der Waals surface area contributed by atoms with Gasteiger partial charge in [-0.05, 0) is 40.8 Å². The average Bonchev–Trinajstić information content (AvgIpc) is 2.85. The van der Waals surface area contributed by atoms with Crippen LogP contribution in [-0.4, -0.2) is 36.9 Å². The number of nitrogens with one attached hydrogen (secondary N) is 1. The van der Waals surface area contributed by atoms with Gasteiger partial charge in [0.2, 0.25) is 5.91 Å². The van der Waals surface area contributed by atoms with Crippen molar-refractivity contribution in [3.63, 3.8) is 0 Å². The first-order valence-corrected chi connectivity index (χ1v) is 8.72. The van der Waals surface area contributed by atoms with Crippen LogP contribution in [0.4, 0.5) is 0 Å². The van der Waals surface area contributed by atoms with E-state index in [0.29, 0.717) is 12.3 Å². The number of rotatable bonds is 4. The quantitative estimate of drug-likeness (QED) is 0.379. The number of halogens is 2. The van der Waals surface area contributed by atoms with Gasteiger partial charge in [0.15, 0.2) is 5.96 Å². The molecule has 1 aromatic heterocycles. The predicted octanol–water partition coefficient (Wildman–Crippen LogP) is 2.79. The molecule has 124 valence electrons. The van der Waals surface area contributed by atoms with E-state index in [9.17, 15) is 4.79 Å². The zero-order valence-electron chi connectivity index (χ0n) is 12.5. The fourth-order valence-electron chi connectivity index (χ4n) is 2.65. The van der Waals surface area contributed by atoms with E-state index in [4.69, 9.17) is 5.73 Å². The summed E-state index contributed by atoms with van der Waals surface area (Å²) in [5.74, 6) is 1.02. The average molecular weight is 501 g/mol. The summed E-state index contributed by atoms with van der Waals surface area (Å²) < 4.78 is 1.11. The van der Waals surface area contributed by atoms with Gasteiger partial charge < -0.3 is 16.0 Å². The number of primary amides is 1. The minimum atomic E-state index is -0.215. The molecule has 1 fully saturated rings. The maximum atomic E-state index is 11.1. The molecule has 2 heterocycles. The van der Waals surface area contributed by atoms with Crippen molar-refractivity contribution in [2.24, 2.45) is 16.6 Å². The molecule has 0 bridgehead atoms. The van der Waals surface area contributed by atoms with Gasteiger partial charge in [0.25, 0.3) is 0 Å². The molecule has 22 heavy (non-hydrogen) atoms. The van der Waals surface area contributed by atoms with Crippen LogP contribution in [0.3, 0.4) is 0 Å². The summed E-state index contributed by atoms with van der Waals surface area (Å²) in [6, 6.07) is 2.11. The van der Waals surface area contributed by atoms with Crippen LogP contribution in [0.15, 0.2) is 20.9 Å². The highest BCUT2D eigenvalue weighted by Gasteiger charge is 2.23. The lowest BCUT2D eigenvalue weighted by Crippen LogP contribution is -2.46. The molecular formula is C14H22BrIN4OS. The minimum Gasteiger partial charge on any atom is -0.370 e. The number of carbonyl (C=O) groups is 1. The number of likely N-dealkylation sites (tertiary alicyclic amines) is 1. The number of guanidine groups is 1. The molecule has 1 saturated heterocycles. The first-order valence-electron chi connectivity index (χ1n) is 7.05. The van der Waals surface area contributed by atoms with E-state index in [1.807, 2.05) is 0 Å². The molecule has 5 nitrogen and oxygen atoms in total. The number of amides is 1. The number of nitrogens with two attached hydrogens (primary N) is 1. The highest BCUT2D eigenvalue weighted by atomic mass is 127. The Balaban J connectivity index is 0.00000242. The van der Waals surface area contributed by atoms with Gasteiger partial charge in [-0.15, -0.1) is 35.3 Å². The largest absolute Gasteiger partial charge is 0.370 e. The van der Waals surface area contributed by atoms with Crippen LogP contribution in [0.2, 0.25) is 0 Å². The molecule has 0 aromatic carbocycles. The second-order valence-corrected chi connectivity index (χ2v) is 7.17. The Hall–Kier alpha value is -0.350. The lowest BCUT2D eigenvalue weighted by atomic mass is 9.95. The van der Waals surface area contributed by atoms with E-state index >= 15 is 0 Å². The second kappa shape index (κ2) is 9.71. The normalized spacial score (nSPS) is 18.7. The van der Waals surface area contributed by atoms with E-state index < -0.39 is 0 Å². The number of aliphatic imine (C=N–C) groups is 1. The molecule has 1 amide bonds. The maximum absolute atomic E-state index is 11.1. The summed E-state index contributed by atoms with van der Waals surface area (Å²) in [6.45, 7) is 2.58. The van der Waals surface area contributed by atoms with Crippen LogP contribution >= 0.6 is 51.2 Å². The topological polar surface area (TPSA) is 70.7 Å². The van der Waals surface area contributed by atoms with Crippen LogP contribution in [0.25, 0.3) is 0 Å². The third-order valence-corrected chi connectivity index (χ3v) is 5.26. The highest BCUT2D eigenvalue weighted by molar-refractivity contribution is 14.0. The van der Waals surface area contributed by atoms with E-state index in [1.54, 1.807) is 18.4 Å². The molecule has 1 aliphatic rings. The van der Waals surface area contributed by atoms with Crippen molar-refractivity contribution in [2.45, 2.75) is 25.8 Å². The van der Waals surface area contributed by atoms with Crippen molar-refractivity contribution in [2.75, 3.05) is 20.1 Å². The maximum Gasteiger partial charge on any atom is 0.217 e. The van der Waals surface area contributed by atoms with Crippen molar-refractivity contribution in [1.82, 2.24) is 10.2 Å². The fourth-order valence-corrected chi connectivity index (χ4v) is 4.04. The van der Waals surface area contributed by atoms with Crippen LogP contribution in [0, 0.1) is 5.92 Å². The van der Waals surface area contributed by atoms with Crippen molar-refractivity contribution >= 4 is 63.1 Å². The molecule has 1 unspecified atom stereocenters. The van der Waals surface area contributed by atoms with Crippen molar-refractivity contribution in [1.29, 1.82) is 0 Å². The zero-order chi connectivity index (χ0) is 15.2. The van der Waals surface area contributed by atoms with Crippen LogP contribution in [-0.2, 0) is 11.3 Å². The Morgan fingerprint density at radius 3 is 3.00 bits per heavy atom. The van der Waals surface area contributed by atoms with Crippen LogP contribution < -0.4 is 11.1 Å². The van der Waals surface area contributed by atoms with E-state index in [1.165, 1.54) is 4.88 Å². The lowest BCUT2D eigenvalue weighted by Gasteiger charge is -2.34. The second-order valence-electron chi connectivity index (χ2n) is 5.26. The Bertz CT molecular complexity index is 523. The van der Waals surface area contributed by atoms with Crippen LogP contribution in [0.1, 0.15) is 24.1 Å². The fraction of sp³-hybridized carbons (Fsp3) is 0.571. The predicted molar refractivity (Wildman–Crippen MR) is 106 cm³/mol. The van der Waals surface area contributed by atoms with Crippen molar-refractivity contribution in [3.05, 3.63) is 20.8 Å². The lowest BCUT2D eigenvalue weighted by molar-refractivity contribution is -0.119. The van der Waals surface area contributed by atoms with E-state index in [-0.39, 0.29) is 29.9 Å². The van der Waals surface area contributed by atoms with Gasteiger partial charge in [0, 0.05) is 41.3 Å². The van der Waals surface area contributed by atoms with Crippen molar-refractivity contribution in [3.8, 4) is 0 Å². The first-order chi connectivity index (χ1) is 10.1. The summed E-state index contributed by atoms with van der Waals surface area (Å²) in [5.41, 5.74) is 5.31. The highest BCUT2D eigenvalue weighted by Crippen LogP contribution is 2.21. The summed E-state index contributed by atoms with van der Waals surface area (Å²) in [5, 5.41) is 5.46. The smallest absolute Gasteiger partial charge is 0.217 e. The molecule has 8 heteroatoms. The molecule has 0 spiro atoms. The number of hydrogen-bond acceptors (Lipinski definition) is 3. The Kier molecular flexibility index (Phi) is 8.70. The first kappa shape index (κ1) is 19.7. The monoisotopic (exact) mass is 500 g/mol. The molecule has 1 aromatic rings. The summed E-state index contributed by atoms with van der Waals surface area (Å²) in [7, 11) is 1.80. The van der Waals surface area contributed by atoms with Gasteiger partial charge in [-0.2, -0.15) is 0 Å². The SMILES string of the molecule is CN=C(NCc1cc(Br)cs1)N1CCCC(CC(N)=O)C1.I.